The summed E-state index contributed by atoms with van der Waals surface area (Å²) in [7, 11) is 0. The lowest BCUT2D eigenvalue weighted by Gasteiger charge is -2.17. The highest BCUT2D eigenvalue weighted by atomic mass is 16.2. The van der Waals surface area contributed by atoms with Gasteiger partial charge >= 0.3 is 0 Å². The monoisotopic (exact) mass is 284 g/mol. The van der Waals surface area contributed by atoms with Gasteiger partial charge in [-0.25, -0.2) is 0 Å². The van der Waals surface area contributed by atoms with E-state index >= 15 is 0 Å². The zero-order valence-electron chi connectivity index (χ0n) is 12.0. The van der Waals surface area contributed by atoms with Gasteiger partial charge in [-0.2, -0.15) is 5.26 Å². The summed E-state index contributed by atoms with van der Waals surface area (Å²) in [6.45, 7) is 2.49. The number of likely N-dealkylation sites (tertiary alicyclic amines) is 1. The zero-order valence-corrected chi connectivity index (χ0v) is 12.0. The van der Waals surface area contributed by atoms with Crippen molar-refractivity contribution in [3.8, 4) is 6.07 Å². The van der Waals surface area contributed by atoms with Crippen LogP contribution < -0.4 is 11.1 Å². The second-order valence-corrected chi connectivity index (χ2v) is 5.97. The molecule has 1 atom stereocenters. The fourth-order valence-corrected chi connectivity index (χ4v) is 2.86. The SMILES string of the molecule is N#Cc1cccc(NCC2CCN(C(=O)C3CC3)C2)c1N. The van der Waals surface area contributed by atoms with Gasteiger partial charge in [0.25, 0.3) is 0 Å². The Morgan fingerprint density at radius 3 is 2.95 bits per heavy atom. The Balaban J connectivity index is 1.54. The van der Waals surface area contributed by atoms with Gasteiger partial charge in [0.2, 0.25) is 5.91 Å². The standard InChI is InChI=1S/C16H20N4O/c17-8-13-2-1-3-14(15(13)18)19-9-11-6-7-20(10-11)16(21)12-4-5-12/h1-3,11-12,19H,4-7,9-10,18H2. The highest BCUT2D eigenvalue weighted by Crippen LogP contribution is 2.33. The predicted molar refractivity (Wildman–Crippen MR) is 81.5 cm³/mol. The molecule has 1 aliphatic heterocycles. The maximum absolute atomic E-state index is 12.0. The minimum Gasteiger partial charge on any atom is -0.396 e. The van der Waals surface area contributed by atoms with E-state index in [0.29, 0.717) is 29.0 Å². The first-order valence-electron chi connectivity index (χ1n) is 7.50. The number of para-hydroxylation sites is 1. The first-order chi connectivity index (χ1) is 10.2. The number of hydrogen-bond acceptors (Lipinski definition) is 4. The molecule has 0 bridgehead atoms. The second kappa shape index (κ2) is 5.65. The summed E-state index contributed by atoms with van der Waals surface area (Å²) in [6.07, 6.45) is 3.16. The van der Waals surface area contributed by atoms with Crippen LogP contribution >= 0.6 is 0 Å². The molecule has 1 aromatic rings. The number of amides is 1. The Morgan fingerprint density at radius 1 is 1.43 bits per heavy atom. The number of nitrogens with two attached hydrogens (primary N) is 1. The number of benzene rings is 1. The van der Waals surface area contributed by atoms with Crippen molar-refractivity contribution in [3.05, 3.63) is 23.8 Å². The van der Waals surface area contributed by atoms with Gasteiger partial charge in [0.05, 0.1) is 16.9 Å². The molecule has 1 aromatic carbocycles. The molecule has 1 saturated carbocycles. The van der Waals surface area contributed by atoms with E-state index < -0.39 is 0 Å². The molecule has 5 nitrogen and oxygen atoms in total. The molecule has 110 valence electrons. The second-order valence-electron chi connectivity index (χ2n) is 5.97. The average Bonchev–Trinajstić information content (AvgIpc) is 3.24. The van der Waals surface area contributed by atoms with Crippen LogP contribution in [0, 0.1) is 23.2 Å². The number of anilines is 2. The van der Waals surface area contributed by atoms with Crippen molar-refractivity contribution in [3.63, 3.8) is 0 Å². The Hall–Kier alpha value is -2.22. The van der Waals surface area contributed by atoms with Gasteiger partial charge in [-0.1, -0.05) is 6.07 Å². The first kappa shape index (κ1) is 13.7. The highest BCUT2D eigenvalue weighted by Gasteiger charge is 2.36. The quantitative estimate of drug-likeness (QED) is 0.826. The molecular weight excluding hydrogens is 264 g/mol. The summed E-state index contributed by atoms with van der Waals surface area (Å²) in [4.78, 5) is 14.0. The number of rotatable bonds is 4. The molecule has 2 aliphatic rings. The van der Waals surface area contributed by atoms with E-state index in [9.17, 15) is 4.79 Å². The third-order valence-electron chi connectivity index (χ3n) is 4.33. The number of nitrogens with one attached hydrogen (secondary N) is 1. The normalized spacial score (nSPS) is 21.1. The van der Waals surface area contributed by atoms with Crippen molar-refractivity contribution >= 4 is 17.3 Å². The molecule has 3 N–H and O–H groups in total. The molecule has 3 rings (SSSR count). The van der Waals surface area contributed by atoms with Crippen LogP contribution in [-0.2, 0) is 4.79 Å². The summed E-state index contributed by atoms with van der Waals surface area (Å²) in [5.74, 6) is 1.10. The minimum absolute atomic E-state index is 0.305. The molecule has 1 unspecified atom stereocenters. The molecule has 2 fully saturated rings. The molecule has 21 heavy (non-hydrogen) atoms. The molecule has 1 aliphatic carbocycles. The fourth-order valence-electron chi connectivity index (χ4n) is 2.86. The summed E-state index contributed by atoms with van der Waals surface area (Å²) < 4.78 is 0. The largest absolute Gasteiger partial charge is 0.396 e. The lowest BCUT2D eigenvalue weighted by molar-refractivity contribution is -0.131. The Morgan fingerprint density at radius 2 is 2.24 bits per heavy atom. The predicted octanol–water partition coefficient (Wildman–Crippen LogP) is 1.81. The van der Waals surface area contributed by atoms with Gasteiger partial charge in [0.15, 0.2) is 0 Å². The van der Waals surface area contributed by atoms with E-state index in [2.05, 4.69) is 11.4 Å². The lowest BCUT2D eigenvalue weighted by Crippen LogP contribution is -2.30. The smallest absolute Gasteiger partial charge is 0.225 e. The molecule has 1 amide bonds. The van der Waals surface area contributed by atoms with Crippen molar-refractivity contribution in [2.45, 2.75) is 19.3 Å². The number of hydrogen-bond donors (Lipinski definition) is 2. The number of nitrogens with zero attached hydrogens (tertiary/aromatic N) is 2. The molecule has 0 aromatic heterocycles. The van der Waals surface area contributed by atoms with Crippen molar-refractivity contribution in [1.82, 2.24) is 4.90 Å². The van der Waals surface area contributed by atoms with Crippen LogP contribution in [0.1, 0.15) is 24.8 Å². The highest BCUT2D eigenvalue weighted by molar-refractivity contribution is 5.81. The zero-order chi connectivity index (χ0) is 14.8. The first-order valence-corrected chi connectivity index (χ1v) is 7.50. The molecule has 0 radical (unpaired) electrons. The van der Waals surface area contributed by atoms with E-state index in [4.69, 9.17) is 11.0 Å². The van der Waals surface area contributed by atoms with Crippen LogP contribution in [0.2, 0.25) is 0 Å². The molecule has 5 heteroatoms. The topological polar surface area (TPSA) is 82.2 Å². The van der Waals surface area contributed by atoms with Crippen molar-refractivity contribution in [2.24, 2.45) is 11.8 Å². The molecule has 1 heterocycles. The van der Waals surface area contributed by atoms with Gasteiger partial charge in [-0.3, -0.25) is 4.79 Å². The van der Waals surface area contributed by atoms with Crippen molar-refractivity contribution in [1.29, 1.82) is 5.26 Å². The van der Waals surface area contributed by atoms with E-state index in [1.54, 1.807) is 6.07 Å². The Labute approximate surface area is 124 Å². The van der Waals surface area contributed by atoms with Crippen LogP contribution in [0.4, 0.5) is 11.4 Å². The van der Waals surface area contributed by atoms with Crippen LogP contribution in [0.25, 0.3) is 0 Å². The van der Waals surface area contributed by atoms with E-state index in [-0.39, 0.29) is 0 Å². The lowest BCUT2D eigenvalue weighted by atomic mass is 10.1. The Kier molecular flexibility index (Phi) is 3.70. The van der Waals surface area contributed by atoms with Crippen LogP contribution in [0.3, 0.4) is 0 Å². The molecular formula is C16H20N4O. The van der Waals surface area contributed by atoms with Gasteiger partial charge in [0, 0.05) is 25.6 Å². The summed E-state index contributed by atoms with van der Waals surface area (Å²) >= 11 is 0. The number of nitrogen functional groups attached to an aromatic ring is 1. The van der Waals surface area contributed by atoms with E-state index in [1.807, 2.05) is 17.0 Å². The van der Waals surface area contributed by atoms with Gasteiger partial charge < -0.3 is 16.0 Å². The third kappa shape index (κ3) is 2.94. The molecule has 1 saturated heterocycles. The van der Waals surface area contributed by atoms with Crippen LogP contribution in [0.5, 0.6) is 0 Å². The maximum atomic E-state index is 12.0. The number of carbonyl (C=O) groups is 1. The number of nitriles is 1. The summed E-state index contributed by atoms with van der Waals surface area (Å²) in [5, 5.41) is 12.3. The third-order valence-corrected chi connectivity index (χ3v) is 4.33. The van der Waals surface area contributed by atoms with Crippen LogP contribution in [0.15, 0.2) is 18.2 Å². The van der Waals surface area contributed by atoms with Gasteiger partial charge in [-0.05, 0) is 37.3 Å². The van der Waals surface area contributed by atoms with Crippen molar-refractivity contribution in [2.75, 3.05) is 30.7 Å². The minimum atomic E-state index is 0.305. The number of carbonyl (C=O) groups excluding carboxylic acids is 1. The summed E-state index contributed by atoms with van der Waals surface area (Å²) in [5.41, 5.74) is 7.76. The van der Waals surface area contributed by atoms with Gasteiger partial charge in [0.1, 0.15) is 6.07 Å². The van der Waals surface area contributed by atoms with Crippen LogP contribution in [-0.4, -0.2) is 30.4 Å². The summed E-state index contributed by atoms with van der Waals surface area (Å²) in [6, 6.07) is 7.52. The Bertz CT molecular complexity index is 588. The fraction of sp³-hybridized carbons (Fsp3) is 0.500. The molecule has 0 spiro atoms. The van der Waals surface area contributed by atoms with E-state index in [1.165, 1.54) is 0 Å². The average molecular weight is 284 g/mol. The van der Waals surface area contributed by atoms with Gasteiger partial charge in [-0.15, -0.1) is 0 Å². The van der Waals surface area contributed by atoms with Crippen molar-refractivity contribution < 1.29 is 4.79 Å². The maximum Gasteiger partial charge on any atom is 0.225 e. The van der Waals surface area contributed by atoms with E-state index in [0.717, 1.165) is 44.6 Å².